The van der Waals surface area contributed by atoms with E-state index >= 15 is 0 Å². The van der Waals surface area contributed by atoms with Gasteiger partial charge in [-0.1, -0.05) is 12.1 Å². The molecule has 0 fully saturated rings. The van der Waals surface area contributed by atoms with E-state index in [0.717, 1.165) is 16.6 Å². The van der Waals surface area contributed by atoms with Gasteiger partial charge in [0.1, 0.15) is 9.84 Å². The van der Waals surface area contributed by atoms with Gasteiger partial charge in [-0.25, -0.2) is 13.4 Å². The minimum absolute atomic E-state index is 0.0661. The Labute approximate surface area is 100 Å². The summed E-state index contributed by atoms with van der Waals surface area (Å²) in [4.78, 5) is 4.26. The van der Waals surface area contributed by atoms with Crippen LogP contribution in [0.15, 0.2) is 18.2 Å². The second-order valence-electron chi connectivity index (χ2n) is 4.19. The van der Waals surface area contributed by atoms with E-state index in [0.29, 0.717) is 12.5 Å². The quantitative estimate of drug-likeness (QED) is 0.884. The number of aryl methyl sites for hydroxylation is 2. The van der Waals surface area contributed by atoms with Gasteiger partial charge < -0.3 is 10.3 Å². The minimum Gasteiger partial charge on any atom is -0.369 e. The molecule has 0 aliphatic carbocycles. The lowest BCUT2D eigenvalue weighted by Gasteiger charge is -2.05. The molecule has 0 aliphatic rings. The molecule has 0 bridgehead atoms. The highest BCUT2D eigenvalue weighted by atomic mass is 32.2. The Kier molecular flexibility index (Phi) is 2.82. The van der Waals surface area contributed by atoms with Crippen LogP contribution in [0.2, 0.25) is 0 Å². The van der Waals surface area contributed by atoms with Crippen LogP contribution in [0.3, 0.4) is 0 Å². The van der Waals surface area contributed by atoms with Crippen LogP contribution in [0.1, 0.15) is 5.56 Å². The predicted octanol–water partition coefficient (Wildman–Crippen LogP) is 0.972. The van der Waals surface area contributed by atoms with Crippen molar-refractivity contribution in [3.63, 3.8) is 0 Å². The first-order valence-electron chi connectivity index (χ1n) is 5.27. The lowest BCUT2D eigenvalue weighted by atomic mass is 10.2. The summed E-state index contributed by atoms with van der Waals surface area (Å²) < 4.78 is 24.1. The average Bonchev–Trinajstić information content (AvgIpc) is 2.52. The van der Waals surface area contributed by atoms with Crippen LogP contribution >= 0.6 is 0 Å². The molecule has 0 unspecified atom stereocenters. The van der Waals surface area contributed by atoms with Gasteiger partial charge in [-0.05, 0) is 18.6 Å². The summed E-state index contributed by atoms with van der Waals surface area (Å²) in [6.07, 6.45) is 1.22. The highest BCUT2D eigenvalue weighted by Gasteiger charge is 2.11. The Hall–Kier alpha value is -1.56. The number of aromatic nitrogens is 2. The monoisotopic (exact) mass is 253 g/mol. The molecule has 1 aromatic heterocycles. The molecule has 17 heavy (non-hydrogen) atoms. The van der Waals surface area contributed by atoms with Gasteiger partial charge in [0.15, 0.2) is 0 Å². The summed E-state index contributed by atoms with van der Waals surface area (Å²) in [6, 6.07) is 5.76. The number of para-hydroxylation sites is 1. The van der Waals surface area contributed by atoms with E-state index in [1.807, 2.05) is 25.1 Å². The third-order valence-electron chi connectivity index (χ3n) is 2.70. The number of rotatable bonds is 3. The smallest absolute Gasteiger partial charge is 0.201 e. The van der Waals surface area contributed by atoms with E-state index in [1.54, 1.807) is 4.57 Å². The zero-order chi connectivity index (χ0) is 12.6. The van der Waals surface area contributed by atoms with Crippen molar-refractivity contribution in [1.29, 1.82) is 0 Å². The van der Waals surface area contributed by atoms with E-state index in [-0.39, 0.29) is 5.75 Å². The van der Waals surface area contributed by atoms with Crippen LogP contribution in [0.5, 0.6) is 0 Å². The summed E-state index contributed by atoms with van der Waals surface area (Å²) in [7, 11) is -3.00. The normalized spacial score (nSPS) is 12.1. The fraction of sp³-hybridized carbons (Fsp3) is 0.364. The van der Waals surface area contributed by atoms with Gasteiger partial charge in [0.25, 0.3) is 0 Å². The number of hydrogen-bond donors (Lipinski definition) is 1. The second-order valence-corrected chi connectivity index (χ2v) is 6.45. The van der Waals surface area contributed by atoms with E-state index in [9.17, 15) is 8.42 Å². The number of nitrogens with two attached hydrogens (primary N) is 1. The molecule has 0 spiro atoms. The SMILES string of the molecule is Cc1cccc2c1nc(N)n2CCS(C)(=O)=O. The molecule has 92 valence electrons. The van der Waals surface area contributed by atoms with Gasteiger partial charge in [-0.3, -0.25) is 0 Å². The maximum atomic E-state index is 11.2. The lowest BCUT2D eigenvalue weighted by Crippen LogP contribution is -2.12. The van der Waals surface area contributed by atoms with Crippen molar-refractivity contribution in [2.24, 2.45) is 0 Å². The molecule has 2 aromatic rings. The summed E-state index contributed by atoms with van der Waals surface area (Å²) in [5, 5.41) is 0. The Bertz CT molecular complexity index is 659. The average molecular weight is 253 g/mol. The van der Waals surface area contributed by atoms with E-state index in [4.69, 9.17) is 5.73 Å². The molecular formula is C11H15N3O2S. The molecule has 2 rings (SSSR count). The first kappa shape index (κ1) is 11.9. The zero-order valence-corrected chi connectivity index (χ0v) is 10.7. The Morgan fingerprint density at radius 2 is 2.12 bits per heavy atom. The van der Waals surface area contributed by atoms with Crippen molar-refractivity contribution in [3.05, 3.63) is 23.8 Å². The van der Waals surface area contributed by atoms with Crippen LogP contribution in [0.25, 0.3) is 11.0 Å². The van der Waals surface area contributed by atoms with Crippen molar-refractivity contribution >= 4 is 26.8 Å². The third-order valence-corrected chi connectivity index (χ3v) is 3.62. The Morgan fingerprint density at radius 1 is 1.41 bits per heavy atom. The van der Waals surface area contributed by atoms with Crippen molar-refractivity contribution in [2.45, 2.75) is 13.5 Å². The topological polar surface area (TPSA) is 78.0 Å². The number of sulfone groups is 1. The van der Waals surface area contributed by atoms with E-state index in [2.05, 4.69) is 4.98 Å². The first-order chi connectivity index (χ1) is 7.88. The van der Waals surface area contributed by atoms with Gasteiger partial charge in [0, 0.05) is 12.8 Å². The summed E-state index contributed by atoms with van der Waals surface area (Å²) >= 11 is 0. The highest BCUT2D eigenvalue weighted by molar-refractivity contribution is 7.90. The molecule has 0 atom stereocenters. The van der Waals surface area contributed by atoms with Crippen molar-refractivity contribution in [3.8, 4) is 0 Å². The van der Waals surface area contributed by atoms with E-state index in [1.165, 1.54) is 6.26 Å². The molecule has 5 nitrogen and oxygen atoms in total. The zero-order valence-electron chi connectivity index (χ0n) is 9.84. The molecule has 1 aromatic carbocycles. The number of benzene rings is 1. The van der Waals surface area contributed by atoms with Crippen LogP contribution in [-0.2, 0) is 16.4 Å². The van der Waals surface area contributed by atoms with Crippen LogP contribution in [0, 0.1) is 6.92 Å². The minimum atomic E-state index is -3.00. The van der Waals surface area contributed by atoms with Gasteiger partial charge in [0.05, 0.1) is 16.8 Å². The molecule has 6 heteroatoms. The van der Waals surface area contributed by atoms with Crippen molar-refractivity contribution in [2.75, 3.05) is 17.7 Å². The molecular weight excluding hydrogens is 238 g/mol. The number of anilines is 1. The van der Waals surface area contributed by atoms with Gasteiger partial charge in [-0.15, -0.1) is 0 Å². The fourth-order valence-corrected chi connectivity index (χ4v) is 2.31. The lowest BCUT2D eigenvalue weighted by molar-refractivity contribution is 0.596. The fourth-order valence-electron chi connectivity index (χ4n) is 1.80. The maximum Gasteiger partial charge on any atom is 0.201 e. The number of imidazole rings is 1. The van der Waals surface area contributed by atoms with Crippen LogP contribution < -0.4 is 5.73 Å². The summed E-state index contributed by atoms with van der Waals surface area (Å²) in [5.41, 5.74) is 8.56. The summed E-state index contributed by atoms with van der Waals surface area (Å²) in [5.74, 6) is 0.425. The predicted molar refractivity (Wildman–Crippen MR) is 68.6 cm³/mol. The standard InChI is InChI=1S/C11H15N3O2S/c1-8-4-3-5-9-10(8)13-11(12)14(9)6-7-17(2,15)16/h3-5H,6-7H2,1-2H3,(H2,12,13). The molecule has 1 heterocycles. The van der Waals surface area contributed by atoms with E-state index < -0.39 is 9.84 Å². The van der Waals surface area contributed by atoms with Gasteiger partial charge >= 0.3 is 0 Å². The first-order valence-corrected chi connectivity index (χ1v) is 7.33. The van der Waals surface area contributed by atoms with Gasteiger partial charge in [-0.2, -0.15) is 0 Å². The van der Waals surface area contributed by atoms with Gasteiger partial charge in [0.2, 0.25) is 5.95 Å². The Morgan fingerprint density at radius 3 is 2.76 bits per heavy atom. The summed E-state index contributed by atoms with van der Waals surface area (Å²) in [6.45, 7) is 2.29. The molecule has 0 amide bonds. The Balaban J connectivity index is 2.47. The number of nitrogens with zero attached hydrogens (tertiary/aromatic N) is 2. The number of fused-ring (bicyclic) bond motifs is 1. The van der Waals surface area contributed by atoms with Crippen molar-refractivity contribution < 1.29 is 8.42 Å². The second kappa shape index (κ2) is 4.03. The molecule has 0 radical (unpaired) electrons. The van der Waals surface area contributed by atoms with Crippen LogP contribution in [0.4, 0.5) is 5.95 Å². The molecule has 0 aliphatic heterocycles. The largest absolute Gasteiger partial charge is 0.369 e. The number of nitrogen functional groups attached to an aromatic ring is 1. The van der Waals surface area contributed by atoms with Crippen LogP contribution in [-0.4, -0.2) is 30.0 Å². The number of hydrogen-bond acceptors (Lipinski definition) is 4. The highest BCUT2D eigenvalue weighted by Crippen LogP contribution is 2.20. The van der Waals surface area contributed by atoms with Crippen molar-refractivity contribution in [1.82, 2.24) is 9.55 Å². The maximum absolute atomic E-state index is 11.2. The molecule has 0 saturated heterocycles. The molecule has 2 N–H and O–H groups in total. The third kappa shape index (κ3) is 2.41. The molecule has 0 saturated carbocycles.